The molecule has 1 aliphatic rings. The van der Waals surface area contributed by atoms with Gasteiger partial charge < -0.3 is 10.2 Å². The van der Waals surface area contributed by atoms with E-state index in [9.17, 15) is 0 Å². The Morgan fingerprint density at radius 1 is 1.19 bits per heavy atom. The van der Waals surface area contributed by atoms with Gasteiger partial charge in [0.2, 0.25) is 0 Å². The molecule has 26 heavy (non-hydrogen) atoms. The molecule has 0 saturated carbocycles. The molecule has 1 saturated heterocycles. The minimum Gasteiger partial charge on any atom is -0.351 e. The molecule has 0 amide bonds. The Morgan fingerprint density at radius 3 is 2.88 bits per heavy atom. The summed E-state index contributed by atoms with van der Waals surface area (Å²) in [5.41, 5.74) is 3.31. The van der Waals surface area contributed by atoms with E-state index >= 15 is 0 Å². The van der Waals surface area contributed by atoms with Gasteiger partial charge in [-0.25, -0.2) is 0 Å². The van der Waals surface area contributed by atoms with Gasteiger partial charge in [0, 0.05) is 68.6 Å². The SMILES string of the molecule is Cn1cc(CNC[C@@H]2CCCN2c2cccnn2)c(-c2ccncc2)n1. The van der Waals surface area contributed by atoms with Crippen LogP contribution in [0.25, 0.3) is 11.3 Å². The van der Waals surface area contributed by atoms with Crippen LogP contribution in [-0.2, 0) is 13.6 Å². The monoisotopic (exact) mass is 349 g/mol. The number of hydrogen-bond acceptors (Lipinski definition) is 6. The maximum absolute atomic E-state index is 4.61. The highest BCUT2D eigenvalue weighted by molar-refractivity contribution is 5.61. The predicted octanol–water partition coefficient (Wildman–Crippen LogP) is 2.03. The minimum atomic E-state index is 0.452. The van der Waals surface area contributed by atoms with Crippen LogP contribution in [0.3, 0.4) is 0 Å². The summed E-state index contributed by atoms with van der Waals surface area (Å²) in [7, 11) is 1.96. The van der Waals surface area contributed by atoms with E-state index in [-0.39, 0.29) is 0 Å². The summed E-state index contributed by atoms with van der Waals surface area (Å²) < 4.78 is 1.87. The second-order valence-corrected chi connectivity index (χ2v) is 6.61. The van der Waals surface area contributed by atoms with Gasteiger partial charge in [0.25, 0.3) is 0 Å². The number of nitrogens with one attached hydrogen (secondary N) is 1. The lowest BCUT2D eigenvalue weighted by atomic mass is 10.1. The van der Waals surface area contributed by atoms with E-state index in [0.717, 1.165) is 36.7 Å². The lowest BCUT2D eigenvalue weighted by molar-refractivity contribution is 0.569. The Balaban J connectivity index is 1.41. The summed E-state index contributed by atoms with van der Waals surface area (Å²) in [6, 6.07) is 8.43. The highest BCUT2D eigenvalue weighted by atomic mass is 15.3. The van der Waals surface area contributed by atoms with Gasteiger partial charge in [-0.05, 0) is 37.1 Å². The molecule has 134 valence electrons. The molecular formula is C19H23N7. The number of aryl methyl sites for hydroxylation is 1. The standard InChI is InChI=1S/C19H23N7/c1-25-14-16(19(24-25)15-6-9-20-10-7-15)12-21-13-17-4-3-11-26(17)18-5-2-8-22-23-18/h2,5-10,14,17,21H,3-4,11-13H2,1H3/t17-/m0/s1. The van der Waals surface area contributed by atoms with Gasteiger partial charge in [0.05, 0.1) is 5.69 Å². The van der Waals surface area contributed by atoms with Crippen molar-refractivity contribution < 1.29 is 0 Å². The Kier molecular flexibility index (Phi) is 4.88. The Labute approximate surface area is 153 Å². The van der Waals surface area contributed by atoms with Gasteiger partial charge in [0.1, 0.15) is 0 Å². The Bertz CT molecular complexity index is 832. The first-order valence-corrected chi connectivity index (χ1v) is 8.99. The fraction of sp³-hybridized carbons (Fsp3) is 0.368. The highest BCUT2D eigenvalue weighted by Crippen LogP contribution is 2.23. The van der Waals surface area contributed by atoms with Crippen LogP contribution in [0.2, 0.25) is 0 Å². The summed E-state index contributed by atoms with van der Waals surface area (Å²) in [5.74, 6) is 0.968. The average molecular weight is 349 g/mol. The lowest BCUT2D eigenvalue weighted by Gasteiger charge is -2.25. The molecule has 7 nitrogen and oxygen atoms in total. The molecular weight excluding hydrogens is 326 g/mol. The molecule has 1 aliphatic heterocycles. The van der Waals surface area contributed by atoms with Crippen molar-refractivity contribution >= 4 is 5.82 Å². The molecule has 4 rings (SSSR count). The molecule has 7 heteroatoms. The number of anilines is 1. The molecule has 0 bridgehead atoms. The zero-order valence-electron chi connectivity index (χ0n) is 14.9. The van der Waals surface area contributed by atoms with Crippen molar-refractivity contribution in [2.24, 2.45) is 7.05 Å². The predicted molar refractivity (Wildman–Crippen MR) is 101 cm³/mol. The van der Waals surface area contributed by atoms with Crippen LogP contribution >= 0.6 is 0 Å². The molecule has 4 heterocycles. The molecule has 1 N–H and O–H groups in total. The molecule has 3 aromatic rings. The fourth-order valence-electron chi connectivity index (χ4n) is 3.59. The molecule has 0 aromatic carbocycles. The largest absolute Gasteiger partial charge is 0.351 e. The molecule has 0 aliphatic carbocycles. The van der Waals surface area contributed by atoms with E-state index in [1.165, 1.54) is 18.4 Å². The van der Waals surface area contributed by atoms with Gasteiger partial charge in [-0.2, -0.15) is 10.2 Å². The molecule has 1 fully saturated rings. The van der Waals surface area contributed by atoms with Crippen molar-refractivity contribution in [2.45, 2.75) is 25.4 Å². The smallest absolute Gasteiger partial charge is 0.151 e. The molecule has 0 unspecified atom stereocenters. The number of pyridine rings is 1. The normalized spacial score (nSPS) is 17.0. The second-order valence-electron chi connectivity index (χ2n) is 6.61. The van der Waals surface area contributed by atoms with E-state index in [1.807, 2.05) is 36.0 Å². The molecule has 0 spiro atoms. The van der Waals surface area contributed by atoms with E-state index in [0.29, 0.717) is 6.04 Å². The van der Waals surface area contributed by atoms with E-state index < -0.39 is 0 Å². The summed E-state index contributed by atoms with van der Waals surface area (Å²) in [6.45, 7) is 2.75. The van der Waals surface area contributed by atoms with Crippen LogP contribution in [0.4, 0.5) is 5.82 Å². The van der Waals surface area contributed by atoms with Crippen LogP contribution in [0, 0.1) is 0 Å². The first kappa shape index (κ1) is 16.7. The Morgan fingerprint density at radius 2 is 2.08 bits per heavy atom. The maximum Gasteiger partial charge on any atom is 0.151 e. The first-order chi connectivity index (χ1) is 12.8. The number of hydrogen-bond donors (Lipinski definition) is 1. The second kappa shape index (κ2) is 7.61. The third-order valence-electron chi connectivity index (χ3n) is 4.78. The summed E-state index contributed by atoms with van der Waals surface area (Å²) >= 11 is 0. The van der Waals surface area contributed by atoms with Crippen LogP contribution in [0.15, 0.2) is 49.1 Å². The van der Waals surface area contributed by atoms with E-state index in [1.54, 1.807) is 18.6 Å². The van der Waals surface area contributed by atoms with Crippen LogP contribution in [0.1, 0.15) is 18.4 Å². The molecule has 1 atom stereocenters. The van der Waals surface area contributed by atoms with Crippen LogP contribution < -0.4 is 10.2 Å². The minimum absolute atomic E-state index is 0.452. The number of aromatic nitrogens is 5. The first-order valence-electron chi connectivity index (χ1n) is 8.99. The average Bonchev–Trinajstić information content (AvgIpc) is 3.30. The van der Waals surface area contributed by atoms with Gasteiger partial charge in [0.15, 0.2) is 5.82 Å². The van der Waals surface area contributed by atoms with Crippen molar-refractivity contribution in [2.75, 3.05) is 18.0 Å². The zero-order valence-corrected chi connectivity index (χ0v) is 14.9. The van der Waals surface area contributed by atoms with Crippen LogP contribution in [0.5, 0.6) is 0 Å². The van der Waals surface area contributed by atoms with Crippen molar-refractivity contribution in [1.82, 2.24) is 30.3 Å². The van der Waals surface area contributed by atoms with Crippen molar-refractivity contribution in [3.05, 3.63) is 54.6 Å². The van der Waals surface area contributed by atoms with Crippen molar-refractivity contribution in [3.8, 4) is 11.3 Å². The van der Waals surface area contributed by atoms with Gasteiger partial charge in [-0.15, -0.1) is 5.10 Å². The van der Waals surface area contributed by atoms with E-state index in [4.69, 9.17) is 0 Å². The molecule has 3 aromatic heterocycles. The number of rotatable bonds is 6. The van der Waals surface area contributed by atoms with Crippen molar-refractivity contribution in [3.63, 3.8) is 0 Å². The summed E-state index contributed by atoms with van der Waals surface area (Å²) in [6.07, 6.45) is 9.77. The quantitative estimate of drug-likeness (QED) is 0.734. The topological polar surface area (TPSA) is 71.8 Å². The fourth-order valence-corrected chi connectivity index (χ4v) is 3.59. The lowest BCUT2D eigenvalue weighted by Crippen LogP contribution is -2.38. The van der Waals surface area contributed by atoms with Crippen LogP contribution in [-0.4, -0.2) is 44.1 Å². The summed E-state index contributed by atoms with van der Waals surface area (Å²) in [4.78, 5) is 6.45. The number of nitrogens with zero attached hydrogens (tertiary/aromatic N) is 6. The Hall–Kier alpha value is -2.80. The van der Waals surface area contributed by atoms with Gasteiger partial charge in [-0.3, -0.25) is 9.67 Å². The summed E-state index contributed by atoms with van der Waals surface area (Å²) in [5, 5.41) is 16.5. The van der Waals surface area contributed by atoms with E-state index in [2.05, 4.69) is 36.7 Å². The zero-order chi connectivity index (χ0) is 17.8. The highest BCUT2D eigenvalue weighted by Gasteiger charge is 2.25. The molecule has 0 radical (unpaired) electrons. The maximum atomic E-state index is 4.61. The van der Waals surface area contributed by atoms with Gasteiger partial charge >= 0.3 is 0 Å². The van der Waals surface area contributed by atoms with Crippen molar-refractivity contribution in [1.29, 1.82) is 0 Å². The van der Waals surface area contributed by atoms with Gasteiger partial charge in [-0.1, -0.05) is 0 Å². The third-order valence-corrected chi connectivity index (χ3v) is 4.78. The third kappa shape index (κ3) is 3.57.